The quantitative estimate of drug-likeness (QED) is 0.918. The molecule has 2 aromatic rings. The van der Waals surface area contributed by atoms with Crippen molar-refractivity contribution in [1.82, 2.24) is 0 Å². The van der Waals surface area contributed by atoms with Gasteiger partial charge in [-0.3, -0.25) is 0 Å². The van der Waals surface area contributed by atoms with Crippen LogP contribution in [0.15, 0.2) is 40.9 Å². The second-order valence-electron chi connectivity index (χ2n) is 3.94. The molecule has 0 aliphatic rings. The highest BCUT2D eigenvalue weighted by molar-refractivity contribution is 9.10. The van der Waals surface area contributed by atoms with Gasteiger partial charge in [-0.25, -0.2) is 8.78 Å². The van der Waals surface area contributed by atoms with Gasteiger partial charge in [0.25, 0.3) is 0 Å². The van der Waals surface area contributed by atoms with Crippen molar-refractivity contribution in [3.63, 3.8) is 0 Å². The van der Waals surface area contributed by atoms with Gasteiger partial charge in [-0.1, -0.05) is 22.0 Å². The molecule has 96 valence electrons. The van der Waals surface area contributed by atoms with E-state index < -0.39 is 11.6 Å². The summed E-state index contributed by atoms with van der Waals surface area (Å²) in [6, 6.07) is 11.0. The number of hydrogen-bond acceptors (Lipinski definition) is 2. The van der Waals surface area contributed by atoms with Crippen LogP contribution >= 0.6 is 15.9 Å². The van der Waals surface area contributed by atoms with Crippen molar-refractivity contribution < 1.29 is 8.78 Å². The highest BCUT2D eigenvalue weighted by Gasteiger charge is 2.03. The second-order valence-corrected chi connectivity index (χ2v) is 4.86. The summed E-state index contributed by atoms with van der Waals surface area (Å²) in [5, 5.41) is 11.9. The van der Waals surface area contributed by atoms with Crippen LogP contribution in [0.25, 0.3) is 0 Å². The molecule has 5 heteroatoms. The minimum Gasteiger partial charge on any atom is -0.381 e. The SMILES string of the molecule is N#Cc1cc(Br)cc(NCc2ccc(F)c(F)c2)c1. The minimum atomic E-state index is -0.869. The minimum absolute atomic E-state index is 0.346. The largest absolute Gasteiger partial charge is 0.381 e. The Bertz CT molecular complexity index is 650. The Kier molecular flexibility index (Phi) is 4.13. The third kappa shape index (κ3) is 3.52. The van der Waals surface area contributed by atoms with Crippen molar-refractivity contribution in [3.05, 3.63) is 63.6 Å². The average molecular weight is 323 g/mol. The van der Waals surface area contributed by atoms with Crippen molar-refractivity contribution in [2.24, 2.45) is 0 Å². The standard InChI is InChI=1S/C14H9BrF2N2/c15-11-3-10(7-18)4-12(6-11)19-8-9-1-2-13(16)14(17)5-9/h1-6,19H,8H2. The number of nitrogens with zero attached hydrogens (tertiary/aromatic N) is 1. The van der Waals surface area contributed by atoms with Gasteiger partial charge in [0.2, 0.25) is 0 Å². The smallest absolute Gasteiger partial charge is 0.159 e. The molecule has 0 saturated carbocycles. The topological polar surface area (TPSA) is 35.8 Å². The lowest BCUT2D eigenvalue weighted by atomic mass is 10.2. The maximum atomic E-state index is 13.0. The summed E-state index contributed by atoms with van der Waals surface area (Å²) in [4.78, 5) is 0. The van der Waals surface area contributed by atoms with Crippen LogP contribution < -0.4 is 5.32 Å². The predicted octanol–water partition coefficient (Wildman–Crippen LogP) is 4.21. The lowest BCUT2D eigenvalue weighted by molar-refractivity contribution is 0.507. The van der Waals surface area contributed by atoms with E-state index in [1.54, 1.807) is 18.2 Å². The first-order valence-electron chi connectivity index (χ1n) is 5.47. The molecule has 1 N–H and O–H groups in total. The second kappa shape index (κ2) is 5.81. The van der Waals surface area contributed by atoms with E-state index in [-0.39, 0.29) is 0 Å². The first-order chi connectivity index (χ1) is 9.08. The Morgan fingerprint density at radius 2 is 1.89 bits per heavy atom. The molecule has 0 amide bonds. The molecule has 19 heavy (non-hydrogen) atoms. The zero-order valence-corrected chi connectivity index (χ0v) is 11.3. The third-order valence-electron chi connectivity index (χ3n) is 2.51. The van der Waals surface area contributed by atoms with E-state index in [2.05, 4.69) is 21.2 Å². The van der Waals surface area contributed by atoms with Gasteiger partial charge in [0.15, 0.2) is 11.6 Å². The molecular formula is C14H9BrF2N2. The highest BCUT2D eigenvalue weighted by Crippen LogP contribution is 2.20. The lowest BCUT2D eigenvalue weighted by Crippen LogP contribution is -2.01. The van der Waals surface area contributed by atoms with Crippen molar-refractivity contribution in [2.45, 2.75) is 6.54 Å². The molecule has 2 nitrogen and oxygen atoms in total. The molecule has 0 unspecified atom stereocenters. The maximum absolute atomic E-state index is 13.0. The summed E-state index contributed by atoms with van der Waals surface area (Å²) in [6.07, 6.45) is 0. The fraction of sp³-hybridized carbons (Fsp3) is 0.0714. The van der Waals surface area contributed by atoms with Gasteiger partial charge in [0.05, 0.1) is 11.6 Å². The van der Waals surface area contributed by atoms with Crippen LogP contribution in [-0.4, -0.2) is 0 Å². The molecule has 0 bridgehead atoms. The van der Waals surface area contributed by atoms with Crippen molar-refractivity contribution in [2.75, 3.05) is 5.32 Å². The Morgan fingerprint density at radius 3 is 2.58 bits per heavy atom. The molecule has 0 fully saturated rings. The molecule has 0 aliphatic heterocycles. The number of rotatable bonds is 3. The van der Waals surface area contributed by atoms with E-state index in [0.29, 0.717) is 17.7 Å². The molecule has 0 atom stereocenters. The maximum Gasteiger partial charge on any atom is 0.159 e. The van der Waals surface area contributed by atoms with E-state index in [9.17, 15) is 8.78 Å². The Balaban J connectivity index is 2.12. The van der Waals surface area contributed by atoms with Gasteiger partial charge < -0.3 is 5.32 Å². The molecule has 0 radical (unpaired) electrons. The fourth-order valence-electron chi connectivity index (χ4n) is 1.61. The van der Waals surface area contributed by atoms with Crippen LogP contribution in [0.4, 0.5) is 14.5 Å². The van der Waals surface area contributed by atoms with Crippen LogP contribution in [0.5, 0.6) is 0 Å². The van der Waals surface area contributed by atoms with E-state index in [1.165, 1.54) is 6.07 Å². The van der Waals surface area contributed by atoms with Crippen molar-refractivity contribution in [3.8, 4) is 6.07 Å². The molecule has 2 rings (SSSR count). The highest BCUT2D eigenvalue weighted by atomic mass is 79.9. The van der Waals surface area contributed by atoms with Crippen LogP contribution in [0.3, 0.4) is 0 Å². The number of benzene rings is 2. The Hall–Kier alpha value is -1.93. The normalized spacial score (nSPS) is 10.0. The molecule has 0 heterocycles. The van der Waals surface area contributed by atoms with Crippen LogP contribution in [0, 0.1) is 23.0 Å². The summed E-state index contributed by atoms with van der Waals surface area (Å²) in [6.45, 7) is 0.346. The van der Waals surface area contributed by atoms with Crippen LogP contribution in [0.1, 0.15) is 11.1 Å². The Labute approximate surface area is 117 Å². The number of hydrogen-bond donors (Lipinski definition) is 1. The summed E-state index contributed by atoms with van der Waals surface area (Å²) in [5.41, 5.74) is 1.87. The van der Waals surface area contributed by atoms with Gasteiger partial charge in [0, 0.05) is 16.7 Å². The molecular weight excluding hydrogens is 314 g/mol. The van der Waals surface area contributed by atoms with Gasteiger partial charge in [-0.05, 0) is 35.9 Å². The summed E-state index contributed by atoms with van der Waals surface area (Å²) in [5.74, 6) is -1.73. The Morgan fingerprint density at radius 1 is 1.11 bits per heavy atom. The van der Waals surface area contributed by atoms with Crippen LogP contribution in [-0.2, 0) is 6.54 Å². The first kappa shape index (κ1) is 13.5. The van der Waals surface area contributed by atoms with E-state index >= 15 is 0 Å². The molecule has 0 saturated heterocycles. The monoisotopic (exact) mass is 322 g/mol. The molecule has 0 aromatic heterocycles. The van der Waals surface area contributed by atoms with Crippen LogP contribution in [0.2, 0.25) is 0 Å². The summed E-state index contributed by atoms with van der Waals surface area (Å²) < 4.78 is 26.6. The number of halogens is 3. The molecule has 0 spiro atoms. The van der Waals surface area contributed by atoms with Gasteiger partial charge >= 0.3 is 0 Å². The zero-order chi connectivity index (χ0) is 13.8. The van der Waals surface area contributed by atoms with E-state index in [1.807, 2.05) is 6.07 Å². The van der Waals surface area contributed by atoms with Gasteiger partial charge in [0.1, 0.15) is 0 Å². The number of nitriles is 1. The molecule has 0 aliphatic carbocycles. The number of nitrogens with one attached hydrogen (secondary N) is 1. The summed E-state index contributed by atoms with van der Waals surface area (Å²) in [7, 11) is 0. The van der Waals surface area contributed by atoms with Gasteiger partial charge in [-0.2, -0.15) is 5.26 Å². The van der Waals surface area contributed by atoms with E-state index in [0.717, 1.165) is 22.3 Å². The summed E-state index contributed by atoms with van der Waals surface area (Å²) >= 11 is 3.30. The van der Waals surface area contributed by atoms with E-state index in [4.69, 9.17) is 5.26 Å². The van der Waals surface area contributed by atoms with Crippen molar-refractivity contribution in [1.29, 1.82) is 5.26 Å². The average Bonchev–Trinajstić information content (AvgIpc) is 2.39. The predicted molar refractivity (Wildman–Crippen MR) is 72.5 cm³/mol. The fourth-order valence-corrected chi connectivity index (χ4v) is 2.10. The first-order valence-corrected chi connectivity index (χ1v) is 6.26. The number of anilines is 1. The molecule has 2 aromatic carbocycles. The zero-order valence-electron chi connectivity index (χ0n) is 9.75. The lowest BCUT2D eigenvalue weighted by Gasteiger charge is -2.08. The van der Waals surface area contributed by atoms with Gasteiger partial charge in [-0.15, -0.1) is 0 Å². The third-order valence-corrected chi connectivity index (χ3v) is 2.97. The van der Waals surface area contributed by atoms with Crippen molar-refractivity contribution >= 4 is 21.6 Å².